The Morgan fingerprint density at radius 1 is 1.20 bits per heavy atom. The second kappa shape index (κ2) is 6.71. The third kappa shape index (κ3) is 2.70. The first kappa shape index (κ1) is 17.9. The lowest BCUT2D eigenvalue weighted by molar-refractivity contribution is 0.0882. The minimum Gasteiger partial charge on any atom is -0.384 e. The van der Waals surface area contributed by atoms with Crippen molar-refractivity contribution in [2.75, 3.05) is 5.73 Å². The summed E-state index contributed by atoms with van der Waals surface area (Å²) in [5.74, 6) is 0.473. The molecule has 3 aromatic heterocycles. The van der Waals surface area contributed by atoms with Gasteiger partial charge in [-0.1, -0.05) is 6.07 Å². The molecule has 3 N–H and O–H groups in total. The molecule has 1 aliphatic carbocycles. The fourth-order valence-corrected chi connectivity index (χ4v) is 4.33. The number of aromatic nitrogens is 5. The average Bonchev–Trinajstić information content (AvgIpc) is 3.39. The number of H-pyrrole nitrogens is 1. The Kier molecular flexibility index (Phi) is 4.00. The van der Waals surface area contributed by atoms with Gasteiger partial charge in [0.05, 0.1) is 47.9 Å². The van der Waals surface area contributed by atoms with Crippen molar-refractivity contribution in [2.45, 2.75) is 24.8 Å². The molecule has 0 atom stereocenters. The summed E-state index contributed by atoms with van der Waals surface area (Å²) in [4.78, 5) is 4.52. The smallest absolute Gasteiger partial charge is 0.126 e. The van der Waals surface area contributed by atoms with Crippen LogP contribution in [-0.2, 0) is 5.54 Å². The second-order valence-corrected chi connectivity index (χ2v) is 7.76. The number of aromatic amines is 1. The molecule has 8 nitrogen and oxygen atoms in total. The highest BCUT2D eigenvalue weighted by Gasteiger charge is 2.46. The lowest BCUT2D eigenvalue weighted by Gasteiger charge is -2.43. The van der Waals surface area contributed by atoms with Gasteiger partial charge in [0.15, 0.2) is 0 Å². The largest absolute Gasteiger partial charge is 0.384 e. The third-order valence-corrected chi connectivity index (χ3v) is 5.92. The molecule has 3 heterocycles. The standard InChI is InChI=1S/C22H18N8/c23-4-3-22(8-14(9-22)10-24)30-13-16(11-28-30)18-6-15(19-12-27-29-21(19)25)7-20-17(18)2-1-5-26-20/h1-2,5-7,11-14H,3,8-9H2,(H3,25,27,29). The highest BCUT2D eigenvalue weighted by molar-refractivity contribution is 5.98. The summed E-state index contributed by atoms with van der Waals surface area (Å²) in [6.45, 7) is 0. The van der Waals surface area contributed by atoms with Gasteiger partial charge in [0.1, 0.15) is 5.82 Å². The zero-order valence-corrected chi connectivity index (χ0v) is 16.1. The summed E-state index contributed by atoms with van der Waals surface area (Å²) < 4.78 is 1.86. The van der Waals surface area contributed by atoms with Crippen LogP contribution in [0.25, 0.3) is 33.2 Å². The van der Waals surface area contributed by atoms with Crippen LogP contribution in [0, 0.1) is 28.6 Å². The first-order valence-corrected chi connectivity index (χ1v) is 9.63. The van der Waals surface area contributed by atoms with E-state index >= 15 is 0 Å². The van der Waals surface area contributed by atoms with Crippen molar-refractivity contribution in [1.82, 2.24) is 25.0 Å². The maximum absolute atomic E-state index is 9.32. The van der Waals surface area contributed by atoms with E-state index in [2.05, 4.69) is 38.5 Å². The fourth-order valence-electron chi connectivity index (χ4n) is 4.33. The molecular weight excluding hydrogens is 376 g/mol. The summed E-state index contributed by atoms with van der Waals surface area (Å²) >= 11 is 0. The average molecular weight is 394 g/mol. The lowest BCUT2D eigenvalue weighted by Crippen LogP contribution is -2.46. The van der Waals surface area contributed by atoms with Gasteiger partial charge in [-0.05, 0) is 42.2 Å². The van der Waals surface area contributed by atoms with Gasteiger partial charge in [-0.3, -0.25) is 14.8 Å². The quantitative estimate of drug-likeness (QED) is 0.543. The molecule has 1 aromatic carbocycles. The number of nitriles is 2. The van der Waals surface area contributed by atoms with Crippen molar-refractivity contribution in [3.8, 4) is 34.4 Å². The van der Waals surface area contributed by atoms with Crippen molar-refractivity contribution in [3.05, 3.63) is 49.1 Å². The van der Waals surface area contributed by atoms with Gasteiger partial charge in [-0.2, -0.15) is 20.7 Å². The van der Waals surface area contributed by atoms with Gasteiger partial charge < -0.3 is 5.73 Å². The van der Waals surface area contributed by atoms with Crippen LogP contribution in [-0.4, -0.2) is 25.0 Å². The zero-order chi connectivity index (χ0) is 20.7. The van der Waals surface area contributed by atoms with Crippen LogP contribution in [0.1, 0.15) is 19.3 Å². The molecule has 0 bridgehead atoms. The van der Waals surface area contributed by atoms with E-state index in [4.69, 9.17) is 5.73 Å². The first-order valence-electron chi connectivity index (χ1n) is 9.63. The predicted octanol–water partition coefficient (Wildman–Crippen LogP) is 3.61. The van der Waals surface area contributed by atoms with Crippen LogP contribution in [0.15, 0.2) is 49.1 Å². The number of pyridine rings is 1. The number of nitrogen functional groups attached to an aromatic ring is 1. The Hall–Kier alpha value is -4.17. The van der Waals surface area contributed by atoms with Gasteiger partial charge >= 0.3 is 0 Å². The zero-order valence-electron chi connectivity index (χ0n) is 16.1. The minimum atomic E-state index is -0.409. The minimum absolute atomic E-state index is 0.0246. The van der Waals surface area contributed by atoms with Crippen molar-refractivity contribution in [1.29, 1.82) is 10.5 Å². The maximum atomic E-state index is 9.32. The summed E-state index contributed by atoms with van der Waals surface area (Å²) in [5.41, 5.74) is 10.1. The molecule has 0 unspecified atom stereocenters. The van der Waals surface area contributed by atoms with Gasteiger partial charge in [0, 0.05) is 28.9 Å². The number of hydrogen-bond donors (Lipinski definition) is 2. The molecule has 5 rings (SSSR count). The monoisotopic (exact) mass is 394 g/mol. The number of hydrogen-bond acceptors (Lipinski definition) is 6. The number of nitrogens with zero attached hydrogens (tertiary/aromatic N) is 6. The number of nitrogens with one attached hydrogen (secondary N) is 1. The molecular formula is C22H18N8. The number of anilines is 1. The number of nitrogens with two attached hydrogens (primary N) is 1. The van der Waals surface area contributed by atoms with Crippen LogP contribution in [0.2, 0.25) is 0 Å². The second-order valence-electron chi connectivity index (χ2n) is 7.76. The van der Waals surface area contributed by atoms with Crippen molar-refractivity contribution in [3.63, 3.8) is 0 Å². The molecule has 0 radical (unpaired) electrons. The molecule has 0 spiro atoms. The van der Waals surface area contributed by atoms with E-state index < -0.39 is 5.54 Å². The number of rotatable bonds is 4. The lowest BCUT2D eigenvalue weighted by atomic mass is 9.67. The van der Waals surface area contributed by atoms with Gasteiger partial charge in [-0.25, -0.2) is 0 Å². The Morgan fingerprint density at radius 3 is 2.80 bits per heavy atom. The molecule has 0 aliphatic heterocycles. The molecule has 0 saturated heterocycles. The summed E-state index contributed by atoms with van der Waals surface area (Å²) in [5, 5.41) is 30.9. The van der Waals surface area contributed by atoms with Gasteiger partial charge in [0.2, 0.25) is 0 Å². The SMILES string of the molecule is N#CCC1(n2cc(-c3cc(-c4cn[nH]c4N)cc4ncccc34)cn2)CC(C#N)C1. The summed E-state index contributed by atoms with van der Waals surface area (Å²) in [6.07, 6.45) is 8.86. The Morgan fingerprint density at radius 2 is 2.07 bits per heavy atom. The first-order chi connectivity index (χ1) is 14.6. The molecule has 8 heteroatoms. The van der Waals surface area contributed by atoms with Crippen LogP contribution in [0.4, 0.5) is 5.82 Å². The predicted molar refractivity (Wildman–Crippen MR) is 111 cm³/mol. The molecule has 0 amide bonds. The van der Waals surface area contributed by atoms with Gasteiger partial charge in [-0.15, -0.1) is 0 Å². The van der Waals surface area contributed by atoms with E-state index in [9.17, 15) is 10.5 Å². The third-order valence-electron chi connectivity index (χ3n) is 5.92. The van der Waals surface area contributed by atoms with Crippen LogP contribution in [0.3, 0.4) is 0 Å². The van der Waals surface area contributed by atoms with Crippen molar-refractivity contribution >= 4 is 16.7 Å². The van der Waals surface area contributed by atoms with Crippen LogP contribution < -0.4 is 5.73 Å². The number of fused-ring (bicyclic) bond motifs is 1. The topological polar surface area (TPSA) is 133 Å². The fraction of sp³-hybridized carbons (Fsp3) is 0.227. The normalized spacial score (nSPS) is 20.4. The highest BCUT2D eigenvalue weighted by Crippen LogP contribution is 2.46. The molecule has 1 aliphatic rings. The maximum Gasteiger partial charge on any atom is 0.126 e. The number of benzene rings is 1. The molecule has 1 fully saturated rings. The van der Waals surface area contributed by atoms with E-state index in [0.717, 1.165) is 33.2 Å². The van der Waals surface area contributed by atoms with E-state index in [1.54, 1.807) is 12.4 Å². The highest BCUT2D eigenvalue weighted by atomic mass is 15.3. The summed E-state index contributed by atoms with van der Waals surface area (Å²) in [7, 11) is 0. The molecule has 4 aromatic rings. The van der Waals surface area contributed by atoms with E-state index in [1.807, 2.05) is 35.3 Å². The van der Waals surface area contributed by atoms with Crippen LogP contribution >= 0.6 is 0 Å². The Labute approximate surface area is 172 Å². The van der Waals surface area contributed by atoms with E-state index in [0.29, 0.717) is 25.1 Å². The van der Waals surface area contributed by atoms with Crippen molar-refractivity contribution < 1.29 is 0 Å². The molecule has 146 valence electrons. The van der Waals surface area contributed by atoms with E-state index in [1.165, 1.54) is 0 Å². The van der Waals surface area contributed by atoms with Crippen molar-refractivity contribution in [2.24, 2.45) is 5.92 Å². The summed E-state index contributed by atoms with van der Waals surface area (Å²) in [6, 6.07) is 12.5. The molecule has 1 saturated carbocycles. The van der Waals surface area contributed by atoms with E-state index in [-0.39, 0.29) is 5.92 Å². The Balaban J connectivity index is 1.63. The van der Waals surface area contributed by atoms with Crippen LogP contribution in [0.5, 0.6) is 0 Å². The Bertz CT molecular complexity index is 1330. The van der Waals surface area contributed by atoms with Gasteiger partial charge in [0.25, 0.3) is 0 Å². The molecule has 30 heavy (non-hydrogen) atoms.